The molecule has 18 heavy (non-hydrogen) atoms. The van der Waals surface area contributed by atoms with Crippen molar-refractivity contribution in [1.29, 1.82) is 0 Å². The minimum Gasteiger partial charge on any atom is -0.377 e. The predicted molar refractivity (Wildman–Crippen MR) is 71.0 cm³/mol. The van der Waals surface area contributed by atoms with Gasteiger partial charge in [-0.25, -0.2) is 13.1 Å². The van der Waals surface area contributed by atoms with Gasteiger partial charge >= 0.3 is 0 Å². The first-order valence-electron chi connectivity index (χ1n) is 5.94. The van der Waals surface area contributed by atoms with Crippen molar-refractivity contribution in [3.8, 4) is 0 Å². The Morgan fingerprint density at radius 2 is 2.44 bits per heavy atom. The van der Waals surface area contributed by atoms with E-state index in [1.54, 1.807) is 11.4 Å². The van der Waals surface area contributed by atoms with E-state index in [2.05, 4.69) is 4.72 Å². The van der Waals surface area contributed by atoms with Crippen LogP contribution in [0.4, 0.5) is 0 Å². The number of hydrogen-bond donors (Lipinski definition) is 2. The van der Waals surface area contributed by atoms with Crippen molar-refractivity contribution >= 4 is 21.4 Å². The number of thiophene rings is 1. The Kier molecular flexibility index (Phi) is 4.39. The van der Waals surface area contributed by atoms with Crippen LogP contribution in [0.5, 0.6) is 0 Å². The average Bonchev–Trinajstić information content (AvgIpc) is 3.00. The molecule has 0 saturated carbocycles. The fraction of sp³-hybridized carbons (Fsp3) is 0.636. The topological polar surface area (TPSA) is 81.4 Å². The molecule has 0 bridgehead atoms. The molecular weight excluding hydrogens is 272 g/mol. The lowest BCUT2D eigenvalue weighted by molar-refractivity contribution is 0.0902. The lowest BCUT2D eigenvalue weighted by Gasteiger charge is -2.19. The Morgan fingerprint density at radius 1 is 1.67 bits per heavy atom. The first kappa shape index (κ1) is 14.0. The minimum atomic E-state index is -3.45. The predicted octanol–water partition coefficient (Wildman–Crippen LogP) is 1.05. The van der Waals surface area contributed by atoms with Crippen molar-refractivity contribution in [2.24, 2.45) is 5.73 Å². The van der Waals surface area contributed by atoms with Gasteiger partial charge < -0.3 is 10.5 Å². The molecule has 7 heteroatoms. The first-order valence-corrected chi connectivity index (χ1v) is 8.30. The number of nitrogens with one attached hydrogen (secondary N) is 1. The first-order chi connectivity index (χ1) is 8.53. The molecule has 1 aliphatic rings. The van der Waals surface area contributed by atoms with Crippen LogP contribution in [0.15, 0.2) is 15.7 Å². The highest BCUT2D eigenvalue weighted by atomic mass is 32.2. The molecule has 1 aromatic heterocycles. The van der Waals surface area contributed by atoms with E-state index in [-0.39, 0.29) is 12.1 Å². The molecule has 2 heterocycles. The molecule has 0 spiro atoms. The Balaban J connectivity index is 2.06. The minimum absolute atomic E-state index is 0.0197. The van der Waals surface area contributed by atoms with Gasteiger partial charge in [0.2, 0.25) is 10.0 Å². The van der Waals surface area contributed by atoms with Gasteiger partial charge in [0.25, 0.3) is 0 Å². The zero-order chi connectivity index (χ0) is 13.2. The van der Waals surface area contributed by atoms with E-state index < -0.39 is 10.0 Å². The normalized spacial score (nSPS) is 22.2. The molecule has 0 aliphatic carbocycles. The summed E-state index contributed by atoms with van der Waals surface area (Å²) in [4.78, 5) is 0. The summed E-state index contributed by atoms with van der Waals surface area (Å²) in [5, 5.41) is 1.77. The van der Waals surface area contributed by atoms with Gasteiger partial charge in [0, 0.05) is 19.2 Å². The van der Waals surface area contributed by atoms with Gasteiger partial charge in [-0.05, 0) is 36.8 Å². The van der Waals surface area contributed by atoms with Crippen molar-refractivity contribution in [2.45, 2.75) is 42.7 Å². The molecule has 102 valence electrons. The van der Waals surface area contributed by atoms with Crippen molar-refractivity contribution in [2.75, 3.05) is 6.61 Å². The van der Waals surface area contributed by atoms with E-state index in [1.165, 1.54) is 11.3 Å². The highest BCUT2D eigenvalue weighted by Gasteiger charge is 2.27. The summed E-state index contributed by atoms with van der Waals surface area (Å²) in [7, 11) is -3.45. The van der Waals surface area contributed by atoms with Crippen LogP contribution in [0.25, 0.3) is 0 Å². The van der Waals surface area contributed by atoms with E-state index >= 15 is 0 Å². The number of ether oxygens (including phenoxy) is 1. The molecule has 2 atom stereocenters. The van der Waals surface area contributed by atoms with Crippen molar-refractivity contribution in [1.82, 2.24) is 4.72 Å². The largest absolute Gasteiger partial charge is 0.377 e. The second-order valence-electron chi connectivity index (χ2n) is 4.44. The third-order valence-electron chi connectivity index (χ3n) is 2.99. The van der Waals surface area contributed by atoms with Crippen LogP contribution in [0.3, 0.4) is 0 Å². The molecule has 0 aromatic carbocycles. The van der Waals surface area contributed by atoms with Gasteiger partial charge in [0.1, 0.15) is 4.21 Å². The fourth-order valence-electron chi connectivity index (χ4n) is 1.98. The summed E-state index contributed by atoms with van der Waals surface area (Å²) in [5.41, 5.74) is 6.32. The van der Waals surface area contributed by atoms with E-state index in [0.717, 1.165) is 18.4 Å². The van der Waals surface area contributed by atoms with Crippen molar-refractivity contribution < 1.29 is 13.2 Å². The number of sulfonamides is 1. The molecule has 1 aliphatic heterocycles. The maximum absolute atomic E-state index is 12.1. The fourth-order valence-corrected chi connectivity index (χ4v) is 4.49. The number of hydrogen-bond acceptors (Lipinski definition) is 5. The van der Waals surface area contributed by atoms with Crippen LogP contribution in [-0.4, -0.2) is 27.2 Å². The van der Waals surface area contributed by atoms with Crippen molar-refractivity contribution in [3.63, 3.8) is 0 Å². The van der Waals surface area contributed by atoms with Crippen LogP contribution in [-0.2, 0) is 21.3 Å². The van der Waals surface area contributed by atoms with Gasteiger partial charge in [0.05, 0.1) is 6.10 Å². The lowest BCUT2D eigenvalue weighted by Crippen LogP contribution is -2.40. The standard InChI is InChI=1S/C11H18N2O3S2/c1-8(10-3-2-4-16-10)13-18(14,15)11-5-9(6-12)7-17-11/h5,7-8,10,13H,2-4,6,12H2,1H3. The van der Waals surface area contributed by atoms with Gasteiger partial charge in [-0.3, -0.25) is 0 Å². The zero-order valence-electron chi connectivity index (χ0n) is 10.3. The van der Waals surface area contributed by atoms with Gasteiger partial charge in [-0.2, -0.15) is 0 Å². The molecule has 5 nitrogen and oxygen atoms in total. The molecule has 1 fully saturated rings. The second kappa shape index (κ2) is 5.66. The summed E-state index contributed by atoms with van der Waals surface area (Å²) >= 11 is 1.19. The number of rotatable bonds is 5. The smallest absolute Gasteiger partial charge is 0.250 e. The maximum atomic E-state index is 12.1. The third kappa shape index (κ3) is 3.10. The third-order valence-corrected chi connectivity index (χ3v) is 6.04. The van der Waals surface area contributed by atoms with Crippen LogP contribution >= 0.6 is 11.3 Å². The highest BCUT2D eigenvalue weighted by molar-refractivity contribution is 7.91. The van der Waals surface area contributed by atoms with E-state index in [4.69, 9.17) is 10.5 Å². The van der Waals surface area contributed by atoms with Crippen molar-refractivity contribution in [3.05, 3.63) is 17.0 Å². The Hall–Kier alpha value is -0.470. The van der Waals surface area contributed by atoms with Crippen LogP contribution in [0, 0.1) is 0 Å². The molecule has 2 unspecified atom stereocenters. The van der Waals surface area contributed by atoms with Crippen LogP contribution < -0.4 is 10.5 Å². The Morgan fingerprint density at radius 3 is 3.00 bits per heavy atom. The highest BCUT2D eigenvalue weighted by Crippen LogP contribution is 2.22. The van der Waals surface area contributed by atoms with Gasteiger partial charge in [0.15, 0.2) is 0 Å². The summed E-state index contributed by atoms with van der Waals surface area (Å²) in [5.74, 6) is 0. The SMILES string of the molecule is CC(NS(=O)(=O)c1cc(CN)cs1)C1CCCO1. The van der Waals surface area contributed by atoms with E-state index in [0.29, 0.717) is 17.4 Å². The average molecular weight is 290 g/mol. The van der Waals surface area contributed by atoms with E-state index in [9.17, 15) is 8.42 Å². The molecular formula is C11H18N2O3S2. The Bertz CT molecular complexity index is 492. The second-order valence-corrected chi connectivity index (χ2v) is 7.29. The molecule has 0 amide bonds. The lowest BCUT2D eigenvalue weighted by atomic mass is 10.1. The molecule has 1 saturated heterocycles. The zero-order valence-corrected chi connectivity index (χ0v) is 11.9. The molecule has 0 radical (unpaired) electrons. The van der Waals surface area contributed by atoms with Gasteiger partial charge in [-0.15, -0.1) is 11.3 Å². The maximum Gasteiger partial charge on any atom is 0.250 e. The quantitative estimate of drug-likeness (QED) is 0.849. The summed E-state index contributed by atoms with van der Waals surface area (Å²) in [6.45, 7) is 2.91. The summed E-state index contributed by atoms with van der Waals surface area (Å²) in [6, 6.07) is 1.41. The Labute approximate surface area is 111 Å². The molecule has 2 rings (SSSR count). The molecule has 1 aromatic rings. The van der Waals surface area contributed by atoms with Gasteiger partial charge in [-0.1, -0.05) is 0 Å². The van der Waals surface area contributed by atoms with Crippen LogP contribution in [0.1, 0.15) is 25.3 Å². The van der Waals surface area contributed by atoms with E-state index in [1.807, 2.05) is 6.92 Å². The number of nitrogens with two attached hydrogens (primary N) is 1. The summed E-state index contributed by atoms with van der Waals surface area (Å²) in [6.07, 6.45) is 1.88. The molecule has 3 N–H and O–H groups in total. The van der Waals surface area contributed by atoms with Crippen LogP contribution in [0.2, 0.25) is 0 Å². The monoisotopic (exact) mass is 290 g/mol. The summed E-state index contributed by atoms with van der Waals surface area (Å²) < 4.78 is 32.7.